The van der Waals surface area contributed by atoms with Crippen molar-refractivity contribution in [3.05, 3.63) is 35.1 Å². The Balaban J connectivity index is 2.44. The molecule has 0 aromatic heterocycles. The Morgan fingerprint density at radius 2 is 2.31 bits per heavy atom. The van der Waals surface area contributed by atoms with Crippen molar-refractivity contribution in [2.75, 3.05) is 0 Å². The molecule has 2 nitrogen and oxygen atoms in total. The number of amides is 1. The van der Waals surface area contributed by atoms with E-state index in [1.807, 2.05) is 0 Å². The van der Waals surface area contributed by atoms with Gasteiger partial charge in [-0.1, -0.05) is 6.07 Å². The van der Waals surface area contributed by atoms with Crippen LogP contribution in [0.1, 0.15) is 23.5 Å². The molecule has 0 heterocycles. The lowest BCUT2D eigenvalue weighted by Gasteiger charge is -2.05. The molecular formula is C10H10FNO. The number of halogens is 1. The number of nitrogens with two attached hydrogens (primary N) is 1. The molecule has 0 saturated heterocycles. The topological polar surface area (TPSA) is 43.1 Å². The Morgan fingerprint density at radius 3 is 3.00 bits per heavy atom. The number of carbonyl (C=O) groups excluding carboxylic acids is 1. The number of hydrogen-bond donors (Lipinski definition) is 1. The normalized spacial score (nSPS) is 19.9. The van der Waals surface area contributed by atoms with E-state index in [9.17, 15) is 9.18 Å². The minimum absolute atomic E-state index is 0.212. The number of benzene rings is 1. The van der Waals surface area contributed by atoms with Gasteiger partial charge >= 0.3 is 0 Å². The van der Waals surface area contributed by atoms with Crippen LogP contribution in [0.15, 0.2) is 18.2 Å². The van der Waals surface area contributed by atoms with Gasteiger partial charge < -0.3 is 5.73 Å². The van der Waals surface area contributed by atoms with Crippen molar-refractivity contribution in [1.82, 2.24) is 0 Å². The van der Waals surface area contributed by atoms with Crippen LogP contribution >= 0.6 is 0 Å². The number of rotatable bonds is 1. The molecule has 68 valence electrons. The van der Waals surface area contributed by atoms with Crippen molar-refractivity contribution in [2.45, 2.75) is 18.8 Å². The van der Waals surface area contributed by atoms with E-state index in [2.05, 4.69) is 0 Å². The standard InChI is InChI=1S/C10H10FNO/c11-7-2-4-8-6(5-7)1-3-9(8)10(12)13/h2,4-5,9H,1,3H2,(H2,12,13)/t9-/m0/s1. The summed E-state index contributed by atoms with van der Waals surface area (Å²) in [5.41, 5.74) is 7.04. The van der Waals surface area contributed by atoms with Gasteiger partial charge in [0, 0.05) is 0 Å². The third-order valence-electron chi connectivity index (χ3n) is 2.53. The third-order valence-corrected chi connectivity index (χ3v) is 2.53. The van der Waals surface area contributed by atoms with E-state index in [0.717, 1.165) is 17.5 Å². The van der Waals surface area contributed by atoms with Crippen LogP contribution in [-0.2, 0) is 11.2 Å². The molecule has 13 heavy (non-hydrogen) atoms. The third kappa shape index (κ3) is 1.30. The van der Waals surface area contributed by atoms with Gasteiger partial charge in [0.1, 0.15) is 5.82 Å². The molecule has 0 spiro atoms. The van der Waals surface area contributed by atoms with Gasteiger partial charge in [0.15, 0.2) is 0 Å². The molecule has 0 fully saturated rings. The van der Waals surface area contributed by atoms with E-state index in [0.29, 0.717) is 6.42 Å². The molecule has 0 aliphatic heterocycles. The number of fused-ring (bicyclic) bond motifs is 1. The molecule has 1 aliphatic carbocycles. The summed E-state index contributed by atoms with van der Waals surface area (Å²) in [7, 11) is 0. The zero-order chi connectivity index (χ0) is 9.42. The largest absolute Gasteiger partial charge is 0.369 e. The zero-order valence-electron chi connectivity index (χ0n) is 7.09. The maximum Gasteiger partial charge on any atom is 0.224 e. The van der Waals surface area contributed by atoms with Crippen molar-refractivity contribution < 1.29 is 9.18 Å². The Hall–Kier alpha value is -1.38. The summed E-state index contributed by atoms with van der Waals surface area (Å²) in [6, 6.07) is 4.52. The van der Waals surface area contributed by atoms with E-state index in [-0.39, 0.29) is 17.6 Å². The summed E-state index contributed by atoms with van der Waals surface area (Å²) in [6.45, 7) is 0. The molecular weight excluding hydrogens is 169 g/mol. The molecule has 1 amide bonds. The smallest absolute Gasteiger partial charge is 0.224 e. The Kier molecular flexibility index (Phi) is 1.79. The summed E-state index contributed by atoms with van der Waals surface area (Å²) in [5.74, 6) is -0.773. The average molecular weight is 179 g/mol. The molecule has 1 aliphatic rings. The fraction of sp³-hybridized carbons (Fsp3) is 0.300. The molecule has 0 radical (unpaired) electrons. The van der Waals surface area contributed by atoms with Gasteiger partial charge in [0.25, 0.3) is 0 Å². The quantitative estimate of drug-likeness (QED) is 0.694. The highest BCUT2D eigenvalue weighted by atomic mass is 19.1. The Bertz CT molecular complexity index is 362. The van der Waals surface area contributed by atoms with Crippen molar-refractivity contribution in [3.8, 4) is 0 Å². The van der Waals surface area contributed by atoms with E-state index in [1.165, 1.54) is 12.1 Å². The maximum absolute atomic E-state index is 12.8. The lowest BCUT2D eigenvalue weighted by atomic mass is 10.0. The monoisotopic (exact) mass is 179 g/mol. The first-order valence-corrected chi connectivity index (χ1v) is 4.26. The second-order valence-corrected chi connectivity index (χ2v) is 3.34. The molecule has 1 aromatic carbocycles. The van der Waals surface area contributed by atoms with Crippen LogP contribution in [0.5, 0.6) is 0 Å². The van der Waals surface area contributed by atoms with Gasteiger partial charge in [-0.3, -0.25) is 4.79 Å². The number of aryl methyl sites for hydroxylation is 1. The van der Waals surface area contributed by atoms with Crippen molar-refractivity contribution in [1.29, 1.82) is 0 Å². The number of hydrogen-bond acceptors (Lipinski definition) is 1. The van der Waals surface area contributed by atoms with Crippen LogP contribution in [0, 0.1) is 5.82 Å². The summed E-state index contributed by atoms with van der Waals surface area (Å²) in [5, 5.41) is 0. The number of carbonyl (C=O) groups is 1. The number of primary amides is 1. The highest BCUT2D eigenvalue weighted by Crippen LogP contribution is 2.32. The molecule has 2 rings (SSSR count). The highest BCUT2D eigenvalue weighted by Gasteiger charge is 2.26. The molecule has 1 atom stereocenters. The minimum Gasteiger partial charge on any atom is -0.369 e. The molecule has 0 unspecified atom stereocenters. The Labute approximate surface area is 75.6 Å². The molecule has 0 bridgehead atoms. The van der Waals surface area contributed by atoms with Crippen molar-refractivity contribution in [2.24, 2.45) is 5.73 Å². The van der Waals surface area contributed by atoms with Crippen LogP contribution in [0.3, 0.4) is 0 Å². The van der Waals surface area contributed by atoms with Crippen LogP contribution in [0.2, 0.25) is 0 Å². The van der Waals surface area contributed by atoms with Crippen molar-refractivity contribution >= 4 is 5.91 Å². The fourth-order valence-electron chi connectivity index (χ4n) is 1.88. The SMILES string of the molecule is NC(=O)[C@H]1CCc2cc(F)ccc21. The molecule has 2 N–H and O–H groups in total. The summed E-state index contributed by atoms with van der Waals surface area (Å²) in [6.07, 6.45) is 1.47. The highest BCUT2D eigenvalue weighted by molar-refractivity contribution is 5.83. The first-order valence-electron chi connectivity index (χ1n) is 4.26. The maximum atomic E-state index is 12.8. The molecule has 3 heteroatoms. The molecule has 0 saturated carbocycles. The predicted molar refractivity (Wildman–Crippen MR) is 46.7 cm³/mol. The summed E-state index contributed by atoms with van der Waals surface area (Å²) >= 11 is 0. The van der Waals surface area contributed by atoms with Crippen LogP contribution in [-0.4, -0.2) is 5.91 Å². The first-order chi connectivity index (χ1) is 6.18. The fourth-order valence-corrected chi connectivity index (χ4v) is 1.88. The predicted octanol–water partition coefficient (Wildman–Crippen LogP) is 1.34. The summed E-state index contributed by atoms with van der Waals surface area (Å²) in [4.78, 5) is 11.0. The second-order valence-electron chi connectivity index (χ2n) is 3.34. The zero-order valence-corrected chi connectivity index (χ0v) is 7.09. The Morgan fingerprint density at radius 1 is 1.54 bits per heavy atom. The van der Waals surface area contributed by atoms with Gasteiger partial charge in [-0.05, 0) is 36.1 Å². The van der Waals surface area contributed by atoms with E-state index < -0.39 is 0 Å². The van der Waals surface area contributed by atoms with E-state index in [1.54, 1.807) is 6.07 Å². The van der Waals surface area contributed by atoms with Crippen LogP contribution in [0.25, 0.3) is 0 Å². The summed E-state index contributed by atoms with van der Waals surface area (Å²) < 4.78 is 12.8. The average Bonchev–Trinajstić information content (AvgIpc) is 2.46. The van der Waals surface area contributed by atoms with Crippen molar-refractivity contribution in [3.63, 3.8) is 0 Å². The van der Waals surface area contributed by atoms with Gasteiger partial charge in [0.2, 0.25) is 5.91 Å². The van der Waals surface area contributed by atoms with Gasteiger partial charge in [0.05, 0.1) is 5.92 Å². The first kappa shape index (κ1) is 8.23. The second kappa shape index (κ2) is 2.83. The lowest BCUT2D eigenvalue weighted by molar-refractivity contribution is -0.119. The van der Waals surface area contributed by atoms with Crippen LogP contribution < -0.4 is 5.73 Å². The lowest BCUT2D eigenvalue weighted by Crippen LogP contribution is -2.19. The van der Waals surface area contributed by atoms with Gasteiger partial charge in [-0.25, -0.2) is 4.39 Å². The molecule has 1 aromatic rings. The van der Waals surface area contributed by atoms with Gasteiger partial charge in [-0.2, -0.15) is 0 Å². The van der Waals surface area contributed by atoms with E-state index in [4.69, 9.17) is 5.73 Å². The van der Waals surface area contributed by atoms with Gasteiger partial charge in [-0.15, -0.1) is 0 Å². The minimum atomic E-state index is -0.314. The van der Waals surface area contributed by atoms with E-state index >= 15 is 0 Å². The van der Waals surface area contributed by atoms with Crippen LogP contribution in [0.4, 0.5) is 4.39 Å².